The van der Waals surface area contributed by atoms with Gasteiger partial charge in [-0.3, -0.25) is 14.4 Å². The molecule has 5 atom stereocenters. The van der Waals surface area contributed by atoms with Gasteiger partial charge in [-0.25, -0.2) is 0 Å². The molecule has 36 heavy (non-hydrogen) atoms. The number of aliphatic hydroxyl groups is 1. The van der Waals surface area contributed by atoms with Crippen molar-refractivity contribution in [3.8, 4) is 0 Å². The summed E-state index contributed by atoms with van der Waals surface area (Å²) in [5, 5.41) is 9.21. The summed E-state index contributed by atoms with van der Waals surface area (Å²) in [6, 6.07) is -0.570. The summed E-state index contributed by atoms with van der Waals surface area (Å²) in [5.74, 6) is -1.40. The third-order valence-electron chi connectivity index (χ3n) is 7.85. The highest BCUT2D eigenvalue weighted by Crippen LogP contribution is 2.66. The summed E-state index contributed by atoms with van der Waals surface area (Å²) in [6.07, 6.45) is 11.8. The molecule has 7 nitrogen and oxygen atoms in total. The fraction of sp³-hybridized carbons (Fsp3) is 0.750. The zero-order valence-corrected chi connectivity index (χ0v) is 22.7. The second-order valence-corrected chi connectivity index (χ2v) is 11.9. The van der Waals surface area contributed by atoms with Gasteiger partial charge in [-0.1, -0.05) is 31.9 Å². The highest BCUT2D eigenvalue weighted by molar-refractivity contribution is 8.02. The van der Waals surface area contributed by atoms with Crippen molar-refractivity contribution in [2.24, 2.45) is 11.8 Å². The zero-order valence-electron chi connectivity index (χ0n) is 21.9. The van der Waals surface area contributed by atoms with Crippen LogP contribution < -0.4 is 0 Å². The average molecular weight is 521 g/mol. The lowest BCUT2D eigenvalue weighted by atomic mass is 9.71. The number of carbonyl (C=O) groups excluding carboxylic acids is 3. The molecular formula is C28H44N2O5S. The van der Waals surface area contributed by atoms with Crippen LogP contribution in [0.1, 0.15) is 71.1 Å². The highest BCUT2D eigenvalue weighted by atomic mass is 32.2. The van der Waals surface area contributed by atoms with E-state index in [0.29, 0.717) is 32.7 Å². The minimum Gasteiger partial charge on any atom is -0.465 e. The minimum absolute atomic E-state index is 0.0165. The van der Waals surface area contributed by atoms with Gasteiger partial charge in [0.05, 0.1) is 23.2 Å². The monoisotopic (exact) mass is 520 g/mol. The number of ether oxygens (including phenoxy) is 1. The van der Waals surface area contributed by atoms with E-state index in [4.69, 9.17) is 4.74 Å². The molecule has 2 bridgehead atoms. The number of carbonyl (C=O) groups is 3. The topological polar surface area (TPSA) is 87.1 Å². The molecule has 3 rings (SSSR count). The Morgan fingerprint density at radius 1 is 1.19 bits per heavy atom. The van der Waals surface area contributed by atoms with Crippen molar-refractivity contribution < 1.29 is 24.2 Å². The van der Waals surface area contributed by atoms with Gasteiger partial charge in [-0.2, -0.15) is 0 Å². The molecule has 0 aromatic heterocycles. The predicted molar refractivity (Wildman–Crippen MR) is 143 cm³/mol. The second-order valence-electron chi connectivity index (χ2n) is 10.3. The summed E-state index contributed by atoms with van der Waals surface area (Å²) in [4.78, 5) is 44.9. The molecule has 0 aliphatic carbocycles. The first-order chi connectivity index (χ1) is 17.5. The van der Waals surface area contributed by atoms with Crippen LogP contribution in [0.2, 0.25) is 0 Å². The summed E-state index contributed by atoms with van der Waals surface area (Å²) in [6.45, 7) is 11.7. The summed E-state index contributed by atoms with van der Waals surface area (Å²) in [5.41, 5.74) is 0. The Bertz CT molecular complexity index is 805. The van der Waals surface area contributed by atoms with Crippen molar-refractivity contribution in [3.05, 3.63) is 25.3 Å². The van der Waals surface area contributed by atoms with Crippen LogP contribution in [0.5, 0.6) is 0 Å². The summed E-state index contributed by atoms with van der Waals surface area (Å²) < 4.78 is 5.04. The maximum absolute atomic E-state index is 14.1. The van der Waals surface area contributed by atoms with E-state index in [1.165, 1.54) is 0 Å². The van der Waals surface area contributed by atoms with Crippen molar-refractivity contribution in [1.82, 2.24) is 9.80 Å². The first-order valence-corrected chi connectivity index (χ1v) is 14.6. The smallest absolute Gasteiger partial charge is 0.310 e. The number of rotatable bonds is 17. The normalized spacial score (nSPS) is 28.3. The van der Waals surface area contributed by atoms with Gasteiger partial charge in [0.15, 0.2) is 0 Å². The molecule has 0 aromatic rings. The lowest BCUT2D eigenvalue weighted by molar-refractivity contribution is -0.154. The van der Waals surface area contributed by atoms with Gasteiger partial charge >= 0.3 is 5.97 Å². The zero-order chi connectivity index (χ0) is 26.1. The number of thioether (sulfide) groups is 1. The van der Waals surface area contributed by atoms with Gasteiger partial charge in [0.1, 0.15) is 6.04 Å². The Hall–Kier alpha value is -1.80. The Kier molecular flexibility index (Phi) is 10.9. The van der Waals surface area contributed by atoms with Crippen molar-refractivity contribution in [3.63, 3.8) is 0 Å². The molecule has 1 spiro atoms. The van der Waals surface area contributed by atoms with Gasteiger partial charge in [-0.15, -0.1) is 24.9 Å². The number of unbranched alkanes of at least 4 members (excludes halogenated alkanes) is 5. The third kappa shape index (κ3) is 5.85. The van der Waals surface area contributed by atoms with Gasteiger partial charge in [0, 0.05) is 31.5 Å². The van der Waals surface area contributed by atoms with Crippen LogP contribution in [0, 0.1) is 11.8 Å². The van der Waals surface area contributed by atoms with Crippen LogP contribution in [0.25, 0.3) is 0 Å². The van der Waals surface area contributed by atoms with Crippen molar-refractivity contribution >= 4 is 29.5 Å². The molecule has 3 heterocycles. The molecule has 3 aliphatic heterocycles. The fourth-order valence-corrected chi connectivity index (χ4v) is 8.38. The Balaban J connectivity index is 1.87. The number of hydrogen-bond donors (Lipinski definition) is 1. The van der Waals surface area contributed by atoms with Crippen LogP contribution in [0.4, 0.5) is 0 Å². The highest BCUT2D eigenvalue weighted by Gasteiger charge is 2.74. The van der Waals surface area contributed by atoms with Crippen LogP contribution in [-0.2, 0) is 19.1 Å². The van der Waals surface area contributed by atoms with Crippen LogP contribution in [0.3, 0.4) is 0 Å². The number of aliphatic hydroxyl groups excluding tert-OH is 1. The molecule has 3 aliphatic rings. The molecule has 202 valence electrons. The molecular weight excluding hydrogens is 476 g/mol. The third-order valence-corrected chi connectivity index (χ3v) is 9.80. The van der Waals surface area contributed by atoms with E-state index in [1.54, 1.807) is 28.8 Å². The fourth-order valence-electron chi connectivity index (χ4n) is 6.18. The maximum atomic E-state index is 14.1. The first-order valence-electron chi connectivity index (χ1n) is 13.7. The van der Waals surface area contributed by atoms with Crippen LogP contribution in [-0.4, -0.2) is 81.6 Å². The van der Waals surface area contributed by atoms with E-state index in [9.17, 15) is 19.5 Å². The van der Waals surface area contributed by atoms with Crippen molar-refractivity contribution in [1.29, 1.82) is 0 Å². The SMILES string of the molecule is C=CCCCOC(=O)[C@@H]1[C@H]2C(=O)N(CCCCCO)C(C(=O)N(CC=C)CCCCC)C23CC[C@H]1S3. The van der Waals surface area contributed by atoms with E-state index < -0.39 is 22.6 Å². The Morgan fingerprint density at radius 2 is 2.00 bits per heavy atom. The van der Waals surface area contributed by atoms with Crippen LogP contribution >= 0.6 is 11.8 Å². The molecule has 8 heteroatoms. The van der Waals surface area contributed by atoms with E-state index in [0.717, 1.165) is 57.8 Å². The van der Waals surface area contributed by atoms with E-state index in [2.05, 4.69) is 20.1 Å². The molecule has 0 aromatic carbocycles. The van der Waals surface area contributed by atoms with Gasteiger partial charge in [0.2, 0.25) is 11.8 Å². The van der Waals surface area contributed by atoms with E-state index in [1.807, 2.05) is 4.90 Å². The second kappa shape index (κ2) is 13.7. The van der Waals surface area contributed by atoms with Crippen LogP contribution in [0.15, 0.2) is 25.3 Å². The van der Waals surface area contributed by atoms with Gasteiger partial charge in [0.25, 0.3) is 0 Å². The van der Waals surface area contributed by atoms with E-state index >= 15 is 0 Å². The maximum Gasteiger partial charge on any atom is 0.310 e. The number of amides is 2. The lowest BCUT2D eigenvalue weighted by Crippen LogP contribution is -2.55. The minimum atomic E-state index is -0.579. The Morgan fingerprint density at radius 3 is 2.69 bits per heavy atom. The molecule has 0 radical (unpaired) electrons. The standard InChI is InChI=1S/C28H44N2O5S/c1-4-7-10-17-29(16-6-3)26(33)24-28-15-14-21(36-28)22(27(34)35-20-13-8-5-2)23(28)25(32)30(24)18-11-9-12-19-31/h5-6,21-24,31H,2-4,7-20H2,1H3/t21-,22+,23+,24?,28?/m1/s1. The molecule has 0 saturated carbocycles. The number of allylic oxidation sites excluding steroid dienone is 1. The number of fused-ring (bicyclic) bond motifs is 1. The van der Waals surface area contributed by atoms with Crippen molar-refractivity contribution in [2.75, 3.05) is 32.8 Å². The largest absolute Gasteiger partial charge is 0.465 e. The summed E-state index contributed by atoms with van der Waals surface area (Å²) in [7, 11) is 0. The predicted octanol–water partition coefficient (Wildman–Crippen LogP) is 3.95. The summed E-state index contributed by atoms with van der Waals surface area (Å²) >= 11 is 1.69. The number of esters is 1. The number of likely N-dealkylation sites (tertiary alicyclic amines) is 1. The first kappa shape index (κ1) is 28.8. The molecule has 2 unspecified atom stereocenters. The van der Waals surface area contributed by atoms with E-state index in [-0.39, 0.29) is 29.6 Å². The number of hydrogen-bond acceptors (Lipinski definition) is 6. The Labute approximate surface area is 220 Å². The molecule has 1 N–H and O–H groups in total. The van der Waals surface area contributed by atoms with Gasteiger partial charge < -0.3 is 19.6 Å². The molecule has 3 saturated heterocycles. The van der Waals surface area contributed by atoms with Crippen molar-refractivity contribution in [2.45, 2.75) is 87.2 Å². The molecule has 3 fully saturated rings. The molecule has 2 amide bonds. The average Bonchev–Trinajstić information content (AvgIpc) is 3.51. The quantitative estimate of drug-likeness (QED) is 0.178. The number of nitrogens with zero attached hydrogens (tertiary/aromatic N) is 2. The van der Waals surface area contributed by atoms with Gasteiger partial charge in [-0.05, 0) is 51.4 Å². The lowest BCUT2D eigenvalue weighted by Gasteiger charge is -2.37.